The van der Waals surface area contributed by atoms with Gasteiger partial charge >= 0.3 is 0 Å². The Morgan fingerprint density at radius 3 is 2.76 bits per heavy atom. The number of hydrogen-bond donors (Lipinski definition) is 1. The van der Waals surface area contributed by atoms with Crippen LogP contribution in [0.2, 0.25) is 0 Å². The third-order valence-corrected chi connectivity index (χ3v) is 6.29. The predicted molar refractivity (Wildman–Crippen MR) is 111 cm³/mol. The molecule has 0 spiro atoms. The molecule has 2 aromatic rings. The van der Waals surface area contributed by atoms with Gasteiger partial charge in [-0.15, -0.1) is 0 Å². The van der Waals surface area contributed by atoms with E-state index in [1.54, 1.807) is 0 Å². The summed E-state index contributed by atoms with van der Waals surface area (Å²) < 4.78 is 4.80. The smallest absolute Gasteiger partial charge is 0.229 e. The number of hydrogen-bond acceptors (Lipinski definition) is 6. The molecule has 2 aliphatic heterocycles. The summed E-state index contributed by atoms with van der Waals surface area (Å²) in [6, 6.07) is 9.74. The number of amides is 1. The van der Waals surface area contributed by atoms with Crippen LogP contribution in [0.25, 0.3) is 0 Å². The molecule has 0 unspecified atom stereocenters. The Kier molecular flexibility index (Phi) is 5.85. The van der Waals surface area contributed by atoms with Gasteiger partial charge in [-0.2, -0.15) is 0 Å². The summed E-state index contributed by atoms with van der Waals surface area (Å²) in [5.41, 5.74) is 3.59. The molecule has 2 bridgehead atoms. The highest BCUT2D eigenvalue weighted by molar-refractivity contribution is 5.78. The van der Waals surface area contributed by atoms with E-state index in [-0.39, 0.29) is 12.3 Å². The normalized spacial score (nSPS) is 22.8. The fourth-order valence-corrected chi connectivity index (χ4v) is 4.89. The Morgan fingerprint density at radius 1 is 1.21 bits per heavy atom. The summed E-state index contributed by atoms with van der Waals surface area (Å²) in [7, 11) is 0. The van der Waals surface area contributed by atoms with Crippen molar-refractivity contribution in [2.75, 3.05) is 18.4 Å². The molecule has 156 valence electrons. The summed E-state index contributed by atoms with van der Waals surface area (Å²) >= 11 is 0. The Labute approximate surface area is 172 Å². The molecule has 2 aliphatic rings. The highest BCUT2D eigenvalue weighted by atomic mass is 16.6. The molecule has 0 saturated carbocycles. The van der Waals surface area contributed by atoms with Crippen LogP contribution in [-0.4, -0.2) is 57.2 Å². The summed E-state index contributed by atoms with van der Waals surface area (Å²) in [5.74, 6) is 0.0741. The van der Waals surface area contributed by atoms with Gasteiger partial charge in [0.15, 0.2) is 0 Å². The first-order chi connectivity index (χ1) is 14.0. The SMILES string of the molecule is Cc1nonc1CC(=O)N1Cc2ccccc2NCC[C@H]2CC[C@@H](C1)N2C(C)C. The van der Waals surface area contributed by atoms with Gasteiger partial charge in [0.1, 0.15) is 11.4 Å². The topological polar surface area (TPSA) is 74.5 Å². The molecule has 1 amide bonds. The van der Waals surface area contributed by atoms with Crippen LogP contribution < -0.4 is 5.32 Å². The van der Waals surface area contributed by atoms with Gasteiger partial charge in [-0.1, -0.05) is 28.5 Å². The Morgan fingerprint density at radius 2 is 2.00 bits per heavy atom. The number of fused-ring (bicyclic) bond motifs is 3. The molecule has 0 aliphatic carbocycles. The average molecular weight is 398 g/mol. The highest BCUT2D eigenvalue weighted by Gasteiger charge is 2.37. The maximum Gasteiger partial charge on any atom is 0.229 e. The molecule has 2 atom stereocenters. The lowest BCUT2D eigenvalue weighted by atomic mass is 10.1. The molecule has 29 heavy (non-hydrogen) atoms. The molecule has 1 saturated heterocycles. The molecular weight excluding hydrogens is 366 g/mol. The first-order valence-electron chi connectivity index (χ1n) is 10.7. The average Bonchev–Trinajstić information content (AvgIpc) is 3.27. The summed E-state index contributed by atoms with van der Waals surface area (Å²) in [6.07, 6.45) is 3.68. The molecule has 1 aromatic heterocycles. The lowest BCUT2D eigenvalue weighted by molar-refractivity contribution is -0.132. The number of nitrogens with one attached hydrogen (secondary N) is 1. The lowest BCUT2D eigenvalue weighted by Gasteiger charge is -2.36. The lowest BCUT2D eigenvalue weighted by Crippen LogP contribution is -2.48. The molecule has 7 heteroatoms. The summed E-state index contributed by atoms with van der Waals surface area (Å²) in [5, 5.41) is 11.4. The molecule has 1 aromatic carbocycles. The number of aryl methyl sites for hydroxylation is 1. The van der Waals surface area contributed by atoms with E-state index in [1.165, 1.54) is 6.42 Å². The number of benzene rings is 1. The fourth-order valence-electron chi connectivity index (χ4n) is 4.89. The zero-order valence-corrected chi connectivity index (χ0v) is 17.6. The molecule has 7 nitrogen and oxygen atoms in total. The van der Waals surface area contributed by atoms with E-state index in [1.807, 2.05) is 17.9 Å². The van der Waals surface area contributed by atoms with E-state index in [9.17, 15) is 4.79 Å². The van der Waals surface area contributed by atoms with Crippen molar-refractivity contribution in [3.63, 3.8) is 0 Å². The van der Waals surface area contributed by atoms with Crippen molar-refractivity contribution in [1.29, 1.82) is 0 Å². The number of para-hydroxylation sites is 1. The van der Waals surface area contributed by atoms with E-state index >= 15 is 0 Å². The van der Waals surface area contributed by atoms with Crippen LogP contribution in [0.4, 0.5) is 5.69 Å². The number of anilines is 1. The minimum Gasteiger partial charge on any atom is -0.385 e. The van der Waals surface area contributed by atoms with Crippen molar-refractivity contribution in [1.82, 2.24) is 20.1 Å². The Hall–Kier alpha value is -2.41. The minimum absolute atomic E-state index is 0.0741. The van der Waals surface area contributed by atoms with Gasteiger partial charge in [-0.3, -0.25) is 9.69 Å². The summed E-state index contributed by atoms with van der Waals surface area (Å²) in [6.45, 7) is 8.65. The first-order valence-corrected chi connectivity index (χ1v) is 10.7. The van der Waals surface area contributed by atoms with Crippen LogP contribution in [0.5, 0.6) is 0 Å². The van der Waals surface area contributed by atoms with Crippen molar-refractivity contribution in [2.45, 2.75) is 71.1 Å². The molecule has 4 rings (SSSR count). The quantitative estimate of drug-likeness (QED) is 0.858. The van der Waals surface area contributed by atoms with Crippen LogP contribution in [0.3, 0.4) is 0 Å². The van der Waals surface area contributed by atoms with Gasteiger partial charge in [0.05, 0.1) is 6.42 Å². The number of nitrogens with zero attached hydrogens (tertiary/aromatic N) is 4. The zero-order valence-electron chi connectivity index (χ0n) is 17.6. The molecule has 1 N–H and O–H groups in total. The second-order valence-electron chi connectivity index (χ2n) is 8.55. The second kappa shape index (κ2) is 8.53. The van der Waals surface area contributed by atoms with Gasteiger partial charge < -0.3 is 10.2 Å². The standard InChI is InChI=1S/C22H31N5O2/c1-15(2)27-18-8-9-19(27)14-26(22(28)12-21-16(3)24-29-25-21)13-17-6-4-5-7-20(17)23-11-10-18/h4-7,15,18-19,23H,8-14H2,1-3H3/t18-,19+/m1/s1. The number of carbonyl (C=O) groups is 1. The van der Waals surface area contributed by atoms with Crippen molar-refractivity contribution in [3.05, 3.63) is 41.2 Å². The van der Waals surface area contributed by atoms with Crippen molar-refractivity contribution >= 4 is 11.6 Å². The maximum absolute atomic E-state index is 13.3. The molecule has 3 heterocycles. The molecule has 0 radical (unpaired) electrons. The van der Waals surface area contributed by atoms with E-state index in [0.717, 1.165) is 37.2 Å². The van der Waals surface area contributed by atoms with Crippen LogP contribution >= 0.6 is 0 Å². The molecule has 1 fully saturated rings. The van der Waals surface area contributed by atoms with Crippen molar-refractivity contribution in [3.8, 4) is 0 Å². The minimum atomic E-state index is 0.0741. The van der Waals surface area contributed by atoms with Crippen molar-refractivity contribution < 1.29 is 9.42 Å². The predicted octanol–water partition coefficient (Wildman–Crippen LogP) is 3.01. The Bertz CT molecular complexity index is 849. The number of rotatable bonds is 3. The largest absolute Gasteiger partial charge is 0.385 e. The third kappa shape index (κ3) is 4.29. The van der Waals surface area contributed by atoms with Gasteiger partial charge in [0.2, 0.25) is 5.91 Å². The van der Waals surface area contributed by atoms with Crippen LogP contribution in [0.15, 0.2) is 28.9 Å². The second-order valence-corrected chi connectivity index (χ2v) is 8.55. The van der Waals surface area contributed by atoms with E-state index in [2.05, 4.69) is 52.6 Å². The van der Waals surface area contributed by atoms with E-state index < -0.39 is 0 Å². The van der Waals surface area contributed by atoms with Gasteiger partial charge in [-0.25, -0.2) is 4.63 Å². The number of carbonyl (C=O) groups excluding carboxylic acids is 1. The zero-order chi connectivity index (χ0) is 20.4. The van der Waals surface area contributed by atoms with E-state index in [0.29, 0.717) is 36.1 Å². The van der Waals surface area contributed by atoms with Crippen LogP contribution in [-0.2, 0) is 17.8 Å². The fraction of sp³-hybridized carbons (Fsp3) is 0.591. The van der Waals surface area contributed by atoms with Gasteiger partial charge in [0.25, 0.3) is 0 Å². The van der Waals surface area contributed by atoms with E-state index in [4.69, 9.17) is 4.63 Å². The molecular formula is C22H31N5O2. The maximum atomic E-state index is 13.3. The van der Waals surface area contributed by atoms with Crippen LogP contribution in [0.1, 0.15) is 50.1 Å². The van der Waals surface area contributed by atoms with Crippen LogP contribution in [0, 0.1) is 6.92 Å². The monoisotopic (exact) mass is 397 g/mol. The first kappa shape index (κ1) is 19.9. The highest BCUT2D eigenvalue weighted by Crippen LogP contribution is 2.31. The Balaban J connectivity index is 1.63. The number of aromatic nitrogens is 2. The summed E-state index contributed by atoms with van der Waals surface area (Å²) in [4.78, 5) is 17.9. The van der Waals surface area contributed by atoms with Gasteiger partial charge in [-0.05, 0) is 51.7 Å². The van der Waals surface area contributed by atoms with Gasteiger partial charge in [0, 0.05) is 43.4 Å². The van der Waals surface area contributed by atoms with Crippen molar-refractivity contribution in [2.24, 2.45) is 0 Å². The third-order valence-electron chi connectivity index (χ3n) is 6.29.